The molecular formula is C16H23N3. The first-order valence-corrected chi connectivity index (χ1v) is 7.30. The molecule has 0 saturated heterocycles. The highest BCUT2D eigenvalue weighted by Gasteiger charge is 2.17. The first kappa shape index (κ1) is 13.9. The average Bonchev–Trinajstić information content (AvgIpc) is 2.41. The SMILES string of the molecule is Cc1ccnc(NCCC2CCC(C)CC2)c1C#N. The lowest BCUT2D eigenvalue weighted by Crippen LogP contribution is -2.16. The van der Waals surface area contributed by atoms with E-state index in [1.807, 2.05) is 13.0 Å². The number of aryl methyl sites for hydroxylation is 1. The van der Waals surface area contributed by atoms with Crippen LogP contribution in [-0.4, -0.2) is 11.5 Å². The zero-order valence-electron chi connectivity index (χ0n) is 11.9. The molecule has 1 aliphatic carbocycles. The van der Waals surface area contributed by atoms with Gasteiger partial charge in [-0.25, -0.2) is 4.98 Å². The number of anilines is 1. The van der Waals surface area contributed by atoms with Crippen LogP contribution in [0.3, 0.4) is 0 Å². The van der Waals surface area contributed by atoms with Crippen LogP contribution in [0.2, 0.25) is 0 Å². The van der Waals surface area contributed by atoms with Crippen molar-refractivity contribution in [1.82, 2.24) is 4.98 Å². The van der Waals surface area contributed by atoms with Gasteiger partial charge in [0.15, 0.2) is 0 Å². The molecule has 0 bridgehead atoms. The van der Waals surface area contributed by atoms with E-state index in [4.69, 9.17) is 5.26 Å². The molecule has 1 fully saturated rings. The Bertz CT molecular complexity index is 454. The first-order valence-electron chi connectivity index (χ1n) is 7.30. The van der Waals surface area contributed by atoms with Crippen LogP contribution in [0.15, 0.2) is 12.3 Å². The summed E-state index contributed by atoms with van der Waals surface area (Å²) in [4.78, 5) is 4.27. The zero-order chi connectivity index (χ0) is 13.7. The second-order valence-electron chi connectivity index (χ2n) is 5.80. The van der Waals surface area contributed by atoms with Crippen molar-refractivity contribution in [2.75, 3.05) is 11.9 Å². The Balaban J connectivity index is 1.83. The average molecular weight is 257 g/mol. The Morgan fingerprint density at radius 2 is 2.11 bits per heavy atom. The summed E-state index contributed by atoms with van der Waals surface area (Å²) in [6, 6.07) is 4.11. The molecule has 3 heteroatoms. The van der Waals surface area contributed by atoms with Crippen molar-refractivity contribution in [3.8, 4) is 6.07 Å². The van der Waals surface area contributed by atoms with Crippen molar-refractivity contribution in [2.24, 2.45) is 11.8 Å². The maximum Gasteiger partial charge on any atom is 0.144 e. The highest BCUT2D eigenvalue weighted by molar-refractivity contribution is 5.55. The Morgan fingerprint density at radius 1 is 1.37 bits per heavy atom. The van der Waals surface area contributed by atoms with Gasteiger partial charge in [0.25, 0.3) is 0 Å². The van der Waals surface area contributed by atoms with E-state index < -0.39 is 0 Å². The van der Waals surface area contributed by atoms with E-state index in [1.54, 1.807) is 6.20 Å². The van der Waals surface area contributed by atoms with Gasteiger partial charge >= 0.3 is 0 Å². The van der Waals surface area contributed by atoms with E-state index >= 15 is 0 Å². The van der Waals surface area contributed by atoms with Gasteiger partial charge in [0.1, 0.15) is 11.9 Å². The van der Waals surface area contributed by atoms with E-state index in [2.05, 4.69) is 23.3 Å². The molecule has 0 unspecified atom stereocenters. The van der Waals surface area contributed by atoms with Crippen molar-refractivity contribution < 1.29 is 0 Å². The Morgan fingerprint density at radius 3 is 2.79 bits per heavy atom. The Hall–Kier alpha value is -1.56. The van der Waals surface area contributed by atoms with E-state index in [0.717, 1.165) is 29.8 Å². The number of nitrogens with one attached hydrogen (secondary N) is 1. The van der Waals surface area contributed by atoms with E-state index in [1.165, 1.54) is 32.1 Å². The molecule has 1 saturated carbocycles. The van der Waals surface area contributed by atoms with Crippen molar-refractivity contribution >= 4 is 5.82 Å². The van der Waals surface area contributed by atoms with Crippen LogP contribution in [-0.2, 0) is 0 Å². The molecule has 19 heavy (non-hydrogen) atoms. The second-order valence-corrected chi connectivity index (χ2v) is 5.80. The van der Waals surface area contributed by atoms with Gasteiger partial charge in [0, 0.05) is 12.7 Å². The maximum absolute atomic E-state index is 9.15. The molecule has 0 atom stereocenters. The van der Waals surface area contributed by atoms with Crippen molar-refractivity contribution in [2.45, 2.75) is 46.0 Å². The molecule has 0 spiro atoms. The summed E-state index contributed by atoms with van der Waals surface area (Å²) in [6.07, 6.45) is 8.41. The van der Waals surface area contributed by atoms with Crippen LogP contribution < -0.4 is 5.32 Å². The topological polar surface area (TPSA) is 48.7 Å². The van der Waals surface area contributed by atoms with Gasteiger partial charge in [-0.05, 0) is 36.8 Å². The minimum Gasteiger partial charge on any atom is -0.369 e. The number of rotatable bonds is 4. The summed E-state index contributed by atoms with van der Waals surface area (Å²) in [6.45, 7) is 5.22. The predicted molar refractivity (Wildman–Crippen MR) is 77.9 cm³/mol. The number of nitrogens with zero attached hydrogens (tertiary/aromatic N) is 2. The molecule has 1 aromatic heterocycles. The van der Waals surface area contributed by atoms with Crippen LogP contribution in [0, 0.1) is 30.1 Å². The number of pyridine rings is 1. The molecule has 0 radical (unpaired) electrons. The van der Waals surface area contributed by atoms with Crippen molar-refractivity contribution in [1.29, 1.82) is 5.26 Å². The van der Waals surface area contributed by atoms with Crippen molar-refractivity contribution in [3.63, 3.8) is 0 Å². The van der Waals surface area contributed by atoms with Crippen LogP contribution in [0.25, 0.3) is 0 Å². The summed E-state index contributed by atoms with van der Waals surface area (Å²) in [5.41, 5.74) is 1.67. The lowest BCUT2D eigenvalue weighted by molar-refractivity contribution is 0.282. The van der Waals surface area contributed by atoms with Crippen LogP contribution >= 0.6 is 0 Å². The normalized spacial score (nSPS) is 22.8. The van der Waals surface area contributed by atoms with Crippen molar-refractivity contribution in [3.05, 3.63) is 23.4 Å². The van der Waals surface area contributed by atoms with Crippen LogP contribution in [0.1, 0.15) is 50.2 Å². The summed E-state index contributed by atoms with van der Waals surface area (Å²) in [5.74, 6) is 2.50. The molecule has 0 amide bonds. The molecule has 2 rings (SSSR count). The molecule has 1 heterocycles. The fraction of sp³-hybridized carbons (Fsp3) is 0.625. The monoisotopic (exact) mass is 257 g/mol. The molecule has 0 aromatic carbocycles. The third-order valence-electron chi connectivity index (χ3n) is 4.25. The molecule has 1 N–H and O–H groups in total. The van der Waals surface area contributed by atoms with E-state index in [-0.39, 0.29) is 0 Å². The lowest BCUT2D eigenvalue weighted by atomic mass is 9.81. The van der Waals surface area contributed by atoms with Gasteiger partial charge in [-0.15, -0.1) is 0 Å². The first-order chi connectivity index (χ1) is 9.20. The molecule has 102 valence electrons. The smallest absolute Gasteiger partial charge is 0.144 e. The van der Waals surface area contributed by atoms with Gasteiger partial charge in [0.05, 0.1) is 5.56 Å². The van der Waals surface area contributed by atoms with Crippen LogP contribution in [0.5, 0.6) is 0 Å². The molecule has 1 aliphatic rings. The highest BCUT2D eigenvalue weighted by Crippen LogP contribution is 2.30. The molecule has 3 nitrogen and oxygen atoms in total. The van der Waals surface area contributed by atoms with Gasteiger partial charge in [-0.3, -0.25) is 0 Å². The number of aromatic nitrogens is 1. The lowest BCUT2D eigenvalue weighted by Gasteiger charge is -2.26. The fourth-order valence-electron chi connectivity index (χ4n) is 2.85. The number of hydrogen-bond acceptors (Lipinski definition) is 3. The fourth-order valence-corrected chi connectivity index (χ4v) is 2.85. The zero-order valence-corrected chi connectivity index (χ0v) is 11.9. The second kappa shape index (κ2) is 6.56. The number of hydrogen-bond donors (Lipinski definition) is 1. The highest BCUT2D eigenvalue weighted by atomic mass is 15.0. The maximum atomic E-state index is 9.15. The van der Waals surface area contributed by atoms with Crippen LogP contribution in [0.4, 0.5) is 5.82 Å². The molecule has 0 aliphatic heterocycles. The largest absolute Gasteiger partial charge is 0.369 e. The minimum absolute atomic E-state index is 0.680. The summed E-state index contributed by atoms with van der Waals surface area (Å²) in [7, 11) is 0. The van der Waals surface area contributed by atoms with Gasteiger partial charge in [-0.2, -0.15) is 5.26 Å². The molecule has 1 aromatic rings. The Kier molecular flexibility index (Phi) is 4.79. The number of nitriles is 1. The van der Waals surface area contributed by atoms with E-state index in [0.29, 0.717) is 5.56 Å². The summed E-state index contributed by atoms with van der Waals surface area (Å²) < 4.78 is 0. The third kappa shape index (κ3) is 3.70. The Labute approximate surface area is 116 Å². The van der Waals surface area contributed by atoms with E-state index in [9.17, 15) is 0 Å². The van der Waals surface area contributed by atoms with Gasteiger partial charge < -0.3 is 5.32 Å². The van der Waals surface area contributed by atoms with Gasteiger partial charge in [-0.1, -0.05) is 32.6 Å². The summed E-state index contributed by atoms with van der Waals surface area (Å²) >= 11 is 0. The third-order valence-corrected chi connectivity index (χ3v) is 4.25. The summed E-state index contributed by atoms with van der Waals surface area (Å²) in [5, 5.41) is 12.5. The minimum atomic E-state index is 0.680. The van der Waals surface area contributed by atoms with Gasteiger partial charge in [0.2, 0.25) is 0 Å². The molecular weight excluding hydrogens is 234 g/mol. The predicted octanol–water partition coefficient (Wildman–Crippen LogP) is 3.89. The standard InChI is InChI=1S/C16H23N3/c1-12-3-5-14(6-4-12)8-10-19-16-15(11-17)13(2)7-9-18-16/h7,9,12,14H,3-6,8,10H2,1-2H3,(H,18,19). The quantitative estimate of drug-likeness (QED) is 0.890.